The third-order valence-corrected chi connectivity index (χ3v) is 3.62. The van der Waals surface area contributed by atoms with Crippen molar-refractivity contribution >= 4 is 0 Å². The van der Waals surface area contributed by atoms with E-state index < -0.39 is 5.54 Å². The Kier molecular flexibility index (Phi) is 3.13. The van der Waals surface area contributed by atoms with Crippen LogP contribution in [0.5, 0.6) is 0 Å². The van der Waals surface area contributed by atoms with Gasteiger partial charge in [0, 0.05) is 6.42 Å². The first-order valence-electron chi connectivity index (χ1n) is 6.46. The van der Waals surface area contributed by atoms with Crippen LogP contribution in [0.2, 0.25) is 0 Å². The summed E-state index contributed by atoms with van der Waals surface area (Å²) in [5.41, 5.74) is 9.25. The maximum Gasteiger partial charge on any atom is 0.134 e. The van der Waals surface area contributed by atoms with Gasteiger partial charge in [-0.1, -0.05) is 60.7 Å². The predicted octanol–water partition coefficient (Wildman–Crippen LogP) is 3.75. The highest BCUT2D eigenvalue weighted by molar-refractivity contribution is 5.38. The molecule has 0 unspecified atom stereocenters. The van der Waals surface area contributed by atoms with Gasteiger partial charge in [-0.2, -0.15) is 5.11 Å². The summed E-state index contributed by atoms with van der Waals surface area (Å²) in [6.45, 7) is 0.775. The fourth-order valence-corrected chi connectivity index (χ4v) is 2.52. The Morgan fingerprint density at radius 3 is 1.84 bits per heavy atom. The standard InChI is InChI=1S/C16H16N2O/c17-18-16(11-15-12-19-15,13-7-3-1-4-8-13)14-9-5-2-6-10-14/h1-10,15,17H,11-12H2/t15-/m0/s1. The number of benzene rings is 2. The van der Waals surface area contributed by atoms with Gasteiger partial charge in [-0.25, -0.2) is 5.53 Å². The molecule has 1 fully saturated rings. The first-order chi connectivity index (χ1) is 9.35. The van der Waals surface area contributed by atoms with Gasteiger partial charge in [-0.15, -0.1) is 0 Å². The lowest BCUT2D eigenvalue weighted by Crippen LogP contribution is -2.27. The minimum absolute atomic E-state index is 0.217. The molecule has 0 aromatic heterocycles. The summed E-state index contributed by atoms with van der Waals surface area (Å²) in [7, 11) is 0. The fourth-order valence-electron chi connectivity index (χ4n) is 2.52. The zero-order valence-electron chi connectivity index (χ0n) is 10.6. The van der Waals surface area contributed by atoms with Crippen LogP contribution in [0.3, 0.4) is 0 Å². The van der Waals surface area contributed by atoms with Crippen LogP contribution in [0.15, 0.2) is 65.8 Å². The molecule has 96 valence electrons. The average Bonchev–Trinajstić information content (AvgIpc) is 3.31. The Hall–Kier alpha value is -2.00. The van der Waals surface area contributed by atoms with Gasteiger partial charge in [0.1, 0.15) is 5.54 Å². The maximum absolute atomic E-state index is 7.77. The zero-order chi connectivity index (χ0) is 13.1. The monoisotopic (exact) mass is 252 g/mol. The van der Waals surface area contributed by atoms with Crippen LogP contribution in [-0.4, -0.2) is 12.7 Å². The molecular formula is C16H16N2O. The molecule has 2 aromatic carbocycles. The molecule has 3 rings (SSSR count). The zero-order valence-corrected chi connectivity index (χ0v) is 10.6. The van der Waals surface area contributed by atoms with Gasteiger partial charge >= 0.3 is 0 Å². The molecule has 1 aliphatic heterocycles. The second-order valence-electron chi connectivity index (χ2n) is 4.86. The smallest absolute Gasteiger partial charge is 0.134 e. The van der Waals surface area contributed by atoms with E-state index in [4.69, 9.17) is 10.3 Å². The molecule has 1 saturated heterocycles. The van der Waals surface area contributed by atoms with Crippen molar-refractivity contribution in [2.24, 2.45) is 5.11 Å². The van der Waals surface area contributed by atoms with E-state index in [0.29, 0.717) is 0 Å². The summed E-state index contributed by atoms with van der Waals surface area (Å²) in [4.78, 5) is 0. The molecule has 0 radical (unpaired) electrons. The molecule has 1 N–H and O–H groups in total. The van der Waals surface area contributed by atoms with E-state index >= 15 is 0 Å². The average molecular weight is 252 g/mol. The maximum atomic E-state index is 7.77. The minimum atomic E-state index is -0.621. The first-order valence-corrected chi connectivity index (χ1v) is 6.46. The summed E-state index contributed by atoms with van der Waals surface area (Å²) in [6, 6.07) is 20.1. The van der Waals surface area contributed by atoms with Gasteiger partial charge in [0.15, 0.2) is 0 Å². The Bertz CT molecular complexity index is 510. The summed E-state index contributed by atoms with van der Waals surface area (Å²) >= 11 is 0. The van der Waals surface area contributed by atoms with E-state index in [2.05, 4.69) is 5.11 Å². The van der Waals surface area contributed by atoms with Crippen LogP contribution in [0.4, 0.5) is 0 Å². The van der Waals surface area contributed by atoms with Crippen LogP contribution in [0, 0.1) is 5.53 Å². The number of hydrogen-bond donors (Lipinski definition) is 1. The van der Waals surface area contributed by atoms with E-state index in [9.17, 15) is 0 Å². The largest absolute Gasteiger partial charge is 0.373 e. The highest BCUT2D eigenvalue weighted by Gasteiger charge is 2.40. The topological polar surface area (TPSA) is 48.7 Å². The van der Waals surface area contributed by atoms with Crippen molar-refractivity contribution in [3.8, 4) is 0 Å². The fraction of sp³-hybridized carbons (Fsp3) is 0.250. The van der Waals surface area contributed by atoms with Gasteiger partial charge in [-0.3, -0.25) is 0 Å². The van der Waals surface area contributed by atoms with Crippen LogP contribution < -0.4 is 0 Å². The Morgan fingerprint density at radius 2 is 1.47 bits per heavy atom. The normalized spacial score (nSPS) is 18.0. The molecule has 0 saturated carbocycles. The van der Waals surface area contributed by atoms with Crippen LogP contribution in [0.25, 0.3) is 0 Å². The predicted molar refractivity (Wildman–Crippen MR) is 73.2 cm³/mol. The van der Waals surface area contributed by atoms with E-state index in [1.807, 2.05) is 60.7 Å². The van der Waals surface area contributed by atoms with Crippen molar-refractivity contribution in [1.82, 2.24) is 0 Å². The molecule has 3 nitrogen and oxygen atoms in total. The Morgan fingerprint density at radius 1 is 1.00 bits per heavy atom. The molecule has 1 heterocycles. The molecule has 1 aliphatic rings. The summed E-state index contributed by atoms with van der Waals surface area (Å²) in [5.74, 6) is 0. The van der Waals surface area contributed by atoms with E-state index in [0.717, 1.165) is 24.2 Å². The molecule has 0 spiro atoms. The molecule has 0 amide bonds. The lowest BCUT2D eigenvalue weighted by molar-refractivity contribution is 0.341. The minimum Gasteiger partial charge on any atom is -0.373 e. The molecule has 19 heavy (non-hydrogen) atoms. The lowest BCUT2D eigenvalue weighted by Gasteiger charge is -2.28. The second kappa shape index (κ2) is 4.94. The highest BCUT2D eigenvalue weighted by atomic mass is 16.6. The lowest BCUT2D eigenvalue weighted by atomic mass is 9.80. The quantitative estimate of drug-likeness (QED) is 0.639. The molecule has 0 aliphatic carbocycles. The third kappa shape index (κ3) is 2.29. The van der Waals surface area contributed by atoms with Gasteiger partial charge in [0.25, 0.3) is 0 Å². The van der Waals surface area contributed by atoms with Gasteiger partial charge < -0.3 is 4.74 Å². The number of nitrogens with one attached hydrogen (secondary N) is 1. The summed E-state index contributed by atoms with van der Waals surface area (Å²) in [6.07, 6.45) is 0.944. The van der Waals surface area contributed by atoms with E-state index in [-0.39, 0.29) is 6.10 Å². The first kappa shape index (κ1) is 12.1. The highest BCUT2D eigenvalue weighted by Crippen LogP contribution is 2.40. The SMILES string of the molecule is N=NC(C[C@H]1CO1)(c1ccccc1)c1ccccc1. The third-order valence-electron chi connectivity index (χ3n) is 3.62. The molecule has 3 heteroatoms. The van der Waals surface area contributed by atoms with Crippen molar-refractivity contribution < 1.29 is 4.74 Å². The van der Waals surface area contributed by atoms with Gasteiger partial charge in [0.2, 0.25) is 0 Å². The van der Waals surface area contributed by atoms with Crippen molar-refractivity contribution in [2.45, 2.75) is 18.1 Å². The molecule has 2 aromatic rings. The Labute approximate surface area is 112 Å². The van der Waals surface area contributed by atoms with Gasteiger partial charge in [-0.05, 0) is 11.1 Å². The Balaban J connectivity index is 2.10. The molecule has 0 bridgehead atoms. The van der Waals surface area contributed by atoms with Gasteiger partial charge in [0.05, 0.1) is 12.7 Å². The van der Waals surface area contributed by atoms with Crippen LogP contribution in [0.1, 0.15) is 17.5 Å². The number of rotatable bonds is 5. The van der Waals surface area contributed by atoms with Crippen LogP contribution >= 0.6 is 0 Å². The van der Waals surface area contributed by atoms with Crippen molar-refractivity contribution in [1.29, 1.82) is 5.53 Å². The van der Waals surface area contributed by atoms with Crippen molar-refractivity contribution in [3.63, 3.8) is 0 Å². The van der Waals surface area contributed by atoms with E-state index in [1.54, 1.807) is 0 Å². The van der Waals surface area contributed by atoms with Crippen molar-refractivity contribution in [2.75, 3.05) is 6.61 Å². The van der Waals surface area contributed by atoms with Crippen LogP contribution in [-0.2, 0) is 10.3 Å². The summed E-state index contributed by atoms with van der Waals surface area (Å²) < 4.78 is 5.37. The number of ether oxygens (including phenoxy) is 1. The van der Waals surface area contributed by atoms with E-state index in [1.165, 1.54) is 0 Å². The second-order valence-corrected chi connectivity index (χ2v) is 4.86. The number of epoxide rings is 1. The summed E-state index contributed by atoms with van der Waals surface area (Å²) in [5, 5.41) is 4.01. The number of hydrogen-bond acceptors (Lipinski definition) is 3. The molecular weight excluding hydrogens is 236 g/mol. The number of nitrogens with zero attached hydrogens (tertiary/aromatic N) is 1. The molecule has 1 atom stereocenters. The van der Waals surface area contributed by atoms with Crippen molar-refractivity contribution in [3.05, 3.63) is 71.8 Å².